The number of halogens is 2. The zero-order valence-corrected chi connectivity index (χ0v) is 11.1. The molecule has 0 radical (unpaired) electrons. The van der Waals surface area contributed by atoms with Crippen molar-refractivity contribution in [3.63, 3.8) is 0 Å². The molecule has 0 heterocycles. The van der Waals surface area contributed by atoms with Gasteiger partial charge in [0.05, 0.1) is 6.10 Å². The van der Waals surface area contributed by atoms with E-state index in [0.29, 0.717) is 13.0 Å². The third-order valence-corrected chi connectivity index (χ3v) is 2.73. The van der Waals surface area contributed by atoms with Gasteiger partial charge in [0, 0.05) is 17.1 Å². The summed E-state index contributed by atoms with van der Waals surface area (Å²) in [4.78, 5) is 0. The highest BCUT2D eigenvalue weighted by atomic mass is 79.9. The summed E-state index contributed by atoms with van der Waals surface area (Å²) in [6, 6.07) is 5.03. The van der Waals surface area contributed by atoms with E-state index in [9.17, 15) is 9.50 Å². The van der Waals surface area contributed by atoms with Crippen molar-refractivity contribution < 1.29 is 9.50 Å². The third-order valence-electron chi connectivity index (χ3n) is 2.27. The fourth-order valence-corrected chi connectivity index (χ4v) is 2.11. The first-order chi connectivity index (χ1) is 7.47. The van der Waals surface area contributed by atoms with Crippen LogP contribution in [0.15, 0.2) is 22.7 Å². The minimum atomic E-state index is -0.318. The molecule has 2 N–H and O–H groups in total. The second kappa shape index (κ2) is 6.33. The average molecular weight is 290 g/mol. The van der Waals surface area contributed by atoms with Crippen molar-refractivity contribution >= 4 is 15.9 Å². The predicted molar refractivity (Wildman–Crippen MR) is 66.7 cm³/mol. The molecule has 0 aromatic heterocycles. The lowest BCUT2D eigenvalue weighted by molar-refractivity contribution is 0.170. The van der Waals surface area contributed by atoms with Gasteiger partial charge in [-0.05, 0) is 44.0 Å². The molecule has 0 aliphatic carbocycles. The van der Waals surface area contributed by atoms with E-state index in [1.807, 2.05) is 13.0 Å². The van der Waals surface area contributed by atoms with Gasteiger partial charge in [0.15, 0.2) is 0 Å². The van der Waals surface area contributed by atoms with Crippen LogP contribution in [0.3, 0.4) is 0 Å². The Hall–Kier alpha value is -0.450. The number of hydrogen-bond donors (Lipinski definition) is 2. The van der Waals surface area contributed by atoms with Gasteiger partial charge in [-0.3, -0.25) is 0 Å². The molecule has 1 rings (SSSR count). The van der Waals surface area contributed by atoms with Gasteiger partial charge < -0.3 is 10.4 Å². The maximum Gasteiger partial charge on any atom is 0.124 e. The van der Waals surface area contributed by atoms with Crippen molar-refractivity contribution in [2.45, 2.75) is 39.0 Å². The standard InChI is InChI=1S/C12H17BrFNO/c1-8(3-9(2)16)15-7-10-4-11(13)6-12(14)5-10/h4-6,8-9,15-16H,3,7H2,1-2H3. The smallest absolute Gasteiger partial charge is 0.124 e. The van der Waals surface area contributed by atoms with E-state index in [1.54, 1.807) is 6.92 Å². The summed E-state index contributed by atoms with van der Waals surface area (Å²) in [5.74, 6) is -0.241. The van der Waals surface area contributed by atoms with Gasteiger partial charge in [-0.1, -0.05) is 15.9 Å². The SMILES string of the molecule is CC(O)CC(C)NCc1cc(F)cc(Br)c1. The van der Waals surface area contributed by atoms with Crippen LogP contribution in [-0.2, 0) is 6.54 Å². The average Bonchev–Trinajstić information content (AvgIpc) is 2.12. The fourth-order valence-electron chi connectivity index (χ4n) is 1.60. The molecule has 1 aromatic rings. The Bertz CT molecular complexity index is 324. The van der Waals surface area contributed by atoms with Crippen LogP contribution in [0.5, 0.6) is 0 Å². The van der Waals surface area contributed by atoms with Crippen LogP contribution in [0.25, 0.3) is 0 Å². The minimum absolute atomic E-state index is 0.210. The Morgan fingerprint density at radius 3 is 2.62 bits per heavy atom. The highest BCUT2D eigenvalue weighted by Gasteiger charge is 2.06. The van der Waals surface area contributed by atoms with Crippen LogP contribution in [0.4, 0.5) is 4.39 Å². The molecule has 0 bridgehead atoms. The molecular formula is C12H17BrFNO. The molecule has 0 spiro atoms. The van der Waals surface area contributed by atoms with E-state index in [4.69, 9.17) is 0 Å². The number of aliphatic hydroxyl groups excluding tert-OH is 1. The first kappa shape index (κ1) is 13.6. The third kappa shape index (κ3) is 5.05. The Kier molecular flexibility index (Phi) is 5.38. The largest absolute Gasteiger partial charge is 0.393 e. The van der Waals surface area contributed by atoms with Gasteiger partial charge in [0.25, 0.3) is 0 Å². The summed E-state index contributed by atoms with van der Waals surface area (Å²) in [5, 5.41) is 12.4. The number of aliphatic hydroxyl groups is 1. The quantitative estimate of drug-likeness (QED) is 0.874. The molecule has 2 nitrogen and oxygen atoms in total. The van der Waals surface area contributed by atoms with Crippen molar-refractivity contribution in [3.05, 3.63) is 34.1 Å². The van der Waals surface area contributed by atoms with Gasteiger partial charge in [-0.25, -0.2) is 4.39 Å². The molecule has 90 valence electrons. The summed E-state index contributed by atoms with van der Waals surface area (Å²) < 4.78 is 13.8. The highest BCUT2D eigenvalue weighted by Crippen LogP contribution is 2.15. The predicted octanol–water partition coefficient (Wildman–Crippen LogP) is 2.84. The van der Waals surface area contributed by atoms with Crippen LogP contribution in [0.2, 0.25) is 0 Å². The second-order valence-electron chi connectivity index (χ2n) is 4.14. The topological polar surface area (TPSA) is 32.3 Å². The molecule has 2 atom stereocenters. The Balaban J connectivity index is 2.48. The van der Waals surface area contributed by atoms with Gasteiger partial charge in [-0.2, -0.15) is 0 Å². The number of rotatable bonds is 5. The maximum atomic E-state index is 13.1. The molecule has 16 heavy (non-hydrogen) atoms. The lowest BCUT2D eigenvalue weighted by atomic mass is 10.1. The molecular weight excluding hydrogens is 273 g/mol. The lowest BCUT2D eigenvalue weighted by Crippen LogP contribution is -2.28. The van der Waals surface area contributed by atoms with Crippen LogP contribution >= 0.6 is 15.9 Å². The fraction of sp³-hybridized carbons (Fsp3) is 0.500. The Labute approximate surface area is 104 Å². The first-order valence-corrected chi connectivity index (χ1v) is 6.13. The molecule has 1 aromatic carbocycles. The van der Waals surface area contributed by atoms with E-state index in [1.165, 1.54) is 12.1 Å². The first-order valence-electron chi connectivity index (χ1n) is 5.34. The Morgan fingerprint density at radius 1 is 1.38 bits per heavy atom. The summed E-state index contributed by atoms with van der Waals surface area (Å²) in [6.45, 7) is 4.36. The maximum absolute atomic E-state index is 13.1. The molecule has 0 fully saturated rings. The van der Waals surface area contributed by atoms with Gasteiger partial charge in [0.2, 0.25) is 0 Å². The van der Waals surface area contributed by atoms with E-state index in [0.717, 1.165) is 10.0 Å². The van der Waals surface area contributed by atoms with Crippen LogP contribution in [0, 0.1) is 5.82 Å². The van der Waals surface area contributed by atoms with Gasteiger partial charge in [0.1, 0.15) is 5.82 Å². The molecule has 0 aliphatic rings. The van der Waals surface area contributed by atoms with E-state index in [2.05, 4.69) is 21.2 Å². The molecule has 0 saturated carbocycles. The van der Waals surface area contributed by atoms with E-state index >= 15 is 0 Å². The van der Waals surface area contributed by atoms with Crippen molar-refractivity contribution in [1.82, 2.24) is 5.32 Å². The number of nitrogens with one attached hydrogen (secondary N) is 1. The Morgan fingerprint density at radius 2 is 2.06 bits per heavy atom. The minimum Gasteiger partial charge on any atom is -0.393 e. The van der Waals surface area contributed by atoms with Gasteiger partial charge in [-0.15, -0.1) is 0 Å². The molecule has 2 unspecified atom stereocenters. The van der Waals surface area contributed by atoms with Crippen LogP contribution in [-0.4, -0.2) is 17.3 Å². The van der Waals surface area contributed by atoms with E-state index in [-0.39, 0.29) is 18.0 Å². The summed E-state index contributed by atoms with van der Waals surface area (Å²) >= 11 is 3.25. The number of hydrogen-bond acceptors (Lipinski definition) is 2. The summed E-state index contributed by atoms with van der Waals surface area (Å²) in [7, 11) is 0. The number of benzene rings is 1. The molecule has 0 saturated heterocycles. The van der Waals surface area contributed by atoms with Gasteiger partial charge >= 0.3 is 0 Å². The lowest BCUT2D eigenvalue weighted by Gasteiger charge is -2.15. The van der Waals surface area contributed by atoms with Crippen molar-refractivity contribution in [3.8, 4) is 0 Å². The van der Waals surface area contributed by atoms with Crippen LogP contribution in [0.1, 0.15) is 25.8 Å². The molecule has 4 heteroatoms. The summed E-state index contributed by atoms with van der Waals surface area (Å²) in [6.07, 6.45) is 0.373. The normalized spacial score (nSPS) is 14.8. The molecule has 0 amide bonds. The van der Waals surface area contributed by atoms with Crippen molar-refractivity contribution in [2.24, 2.45) is 0 Å². The summed E-state index contributed by atoms with van der Waals surface area (Å²) in [5.41, 5.74) is 0.893. The zero-order chi connectivity index (χ0) is 12.1. The monoisotopic (exact) mass is 289 g/mol. The highest BCUT2D eigenvalue weighted by molar-refractivity contribution is 9.10. The zero-order valence-electron chi connectivity index (χ0n) is 9.50. The van der Waals surface area contributed by atoms with E-state index < -0.39 is 0 Å². The molecule has 0 aliphatic heterocycles. The van der Waals surface area contributed by atoms with Crippen LogP contribution < -0.4 is 5.32 Å². The van der Waals surface area contributed by atoms with Crippen molar-refractivity contribution in [1.29, 1.82) is 0 Å². The van der Waals surface area contributed by atoms with Crippen molar-refractivity contribution in [2.75, 3.05) is 0 Å². The second-order valence-corrected chi connectivity index (χ2v) is 5.06.